The minimum Gasteiger partial charge on any atom is -0.460 e. The summed E-state index contributed by atoms with van der Waals surface area (Å²) in [6, 6.07) is 6.42. The summed E-state index contributed by atoms with van der Waals surface area (Å²) < 4.78 is 15.7. The van der Waals surface area contributed by atoms with Crippen LogP contribution in [0.5, 0.6) is 0 Å². The molecule has 0 spiro atoms. The van der Waals surface area contributed by atoms with Crippen molar-refractivity contribution in [1.29, 1.82) is 0 Å². The number of Topliss-reactive ketones (excluding diaryl/α,β-unsaturated/α-hetero) is 1. The van der Waals surface area contributed by atoms with E-state index in [9.17, 15) is 9.59 Å². The fourth-order valence-electron chi connectivity index (χ4n) is 1.96. The largest absolute Gasteiger partial charge is 0.460 e. The molecule has 0 aromatic heterocycles. The summed E-state index contributed by atoms with van der Waals surface area (Å²) in [5, 5.41) is 0. The van der Waals surface area contributed by atoms with Crippen LogP contribution in [0.3, 0.4) is 0 Å². The molecule has 0 N–H and O–H groups in total. The van der Waals surface area contributed by atoms with E-state index in [0.717, 1.165) is 0 Å². The molecule has 5 nitrogen and oxygen atoms in total. The fraction of sp³-hybridized carbons (Fsp3) is 0.556. The number of ketones is 1. The van der Waals surface area contributed by atoms with Crippen LogP contribution in [-0.2, 0) is 14.2 Å². The van der Waals surface area contributed by atoms with Crippen LogP contribution in [0.1, 0.15) is 54.8 Å². The number of esters is 1. The zero-order chi connectivity index (χ0) is 17.5. The molecule has 0 aliphatic carbocycles. The molecule has 1 unspecified atom stereocenters. The topological polar surface area (TPSA) is 61.8 Å². The van der Waals surface area contributed by atoms with Crippen LogP contribution in [0.4, 0.5) is 0 Å². The zero-order valence-corrected chi connectivity index (χ0v) is 14.5. The number of methoxy groups -OCH3 is 1. The van der Waals surface area contributed by atoms with E-state index in [-0.39, 0.29) is 18.5 Å². The van der Waals surface area contributed by atoms with Gasteiger partial charge < -0.3 is 14.2 Å². The van der Waals surface area contributed by atoms with Gasteiger partial charge in [-0.1, -0.05) is 19.1 Å². The molecule has 0 saturated carbocycles. The number of benzene rings is 1. The maximum absolute atomic E-state index is 12.4. The third-order valence-corrected chi connectivity index (χ3v) is 3.76. The molecule has 1 rings (SSSR count). The Morgan fingerprint density at radius 3 is 2.13 bits per heavy atom. The van der Waals surface area contributed by atoms with Crippen LogP contribution in [-0.4, -0.2) is 43.8 Å². The minimum absolute atomic E-state index is 0.104. The Bertz CT molecular complexity index is 515. The summed E-state index contributed by atoms with van der Waals surface area (Å²) in [5.74, 6) is -0.533. The van der Waals surface area contributed by atoms with E-state index in [1.54, 1.807) is 31.2 Å². The summed E-state index contributed by atoms with van der Waals surface area (Å²) >= 11 is 0. The standard InChI is InChI=1S/C18H26O5/c1-6-18(4,21-5)16(19)14-7-9-15(10-8-14)17(20)23-12-11-22-13(2)3/h7-10,13H,6,11-12H2,1-5H3. The second-order valence-electron chi connectivity index (χ2n) is 5.75. The second kappa shape index (κ2) is 8.79. The molecule has 0 amide bonds. The molecular formula is C18H26O5. The fourth-order valence-corrected chi connectivity index (χ4v) is 1.96. The Kier molecular flexibility index (Phi) is 7.39. The zero-order valence-electron chi connectivity index (χ0n) is 14.5. The highest BCUT2D eigenvalue weighted by molar-refractivity contribution is 6.03. The van der Waals surface area contributed by atoms with Crippen molar-refractivity contribution in [3.63, 3.8) is 0 Å². The van der Waals surface area contributed by atoms with Crippen molar-refractivity contribution >= 4 is 11.8 Å². The van der Waals surface area contributed by atoms with Gasteiger partial charge in [0.2, 0.25) is 0 Å². The van der Waals surface area contributed by atoms with Gasteiger partial charge in [0.1, 0.15) is 12.2 Å². The molecule has 5 heteroatoms. The predicted molar refractivity (Wildman–Crippen MR) is 87.8 cm³/mol. The van der Waals surface area contributed by atoms with E-state index in [2.05, 4.69) is 0 Å². The van der Waals surface area contributed by atoms with Gasteiger partial charge in [-0.25, -0.2) is 4.79 Å². The van der Waals surface area contributed by atoms with Gasteiger partial charge >= 0.3 is 5.97 Å². The first-order valence-electron chi connectivity index (χ1n) is 7.82. The van der Waals surface area contributed by atoms with Gasteiger partial charge in [0, 0.05) is 12.7 Å². The average Bonchev–Trinajstić information content (AvgIpc) is 2.57. The maximum Gasteiger partial charge on any atom is 0.338 e. The molecule has 128 valence electrons. The summed E-state index contributed by atoms with van der Waals surface area (Å²) in [7, 11) is 1.52. The first-order chi connectivity index (χ1) is 10.8. The number of ether oxygens (including phenoxy) is 3. The Morgan fingerprint density at radius 2 is 1.65 bits per heavy atom. The molecule has 0 aliphatic heterocycles. The van der Waals surface area contributed by atoms with Gasteiger partial charge in [0.05, 0.1) is 18.3 Å². The molecule has 1 atom stereocenters. The third kappa shape index (κ3) is 5.44. The molecule has 0 heterocycles. The Morgan fingerprint density at radius 1 is 1.09 bits per heavy atom. The Balaban J connectivity index is 2.66. The van der Waals surface area contributed by atoms with Crippen molar-refractivity contribution in [1.82, 2.24) is 0 Å². The molecule has 0 radical (unpaired) electrons. The van der Waals surface area contributed by atoms with Gasteiger partial charge in [-0.3, -0.25) is 4.79 Å². The van der Waals surface area contributed by atoms with E-state index in [1.165, 1.54) is 7.11 Å². The molecular weight excluding hydrogens is 296 g/mol. The maximum atomic E-state index is 12.4. The lowest BCUT2D eigenvalue weighted by Gasteiger charge is -2.24. The monoisotopic (exact) mass is 322 g/mol. The lowest BCUT2D eigenvalue weighted by atomic mass is 9.91. The summed E-state index contributed by atoms with van der Waals surface area (Å²) in [6.07, 6.45) is 0.676. The highest BCUT2D eigenvalue weighted by atomic mass is 16.6. The average molecular weight is 322 g/mol. The SMILES string of the molecule is CCC(C)(OC)C(=O)c1ccc(C(=O)OCCOC(C)C)cc1. The first-order valence-corrected chi connectivity index (χ1v) is 7.82. The summed E-state index contributed by atoms with van der Waals surface area (Å²) in [5.41, 5.74) is 0.0635. The molecule has 0 aliphatic rings. The van der Waals surface area contributed by atoms with E-state index >= 15 is 0 Å². The first kappa shape index (κ1) is 19.3. The second-order valence-corrected chi connectivity index (χ2v) is 5.75. The van der Waals surface area contributed by atoms with Crippen LogP contribution in [0.2, 0.25) is 0 Å². The van der Waals surface area contributed by atoms with Crippen molar-refractivity contribution in [2.75, 3.05) is 20.3 Å². The van der Waals surface area contributed by atoms with Crippen LogP contribution in [0, 0.1) is 0 Å². The Labute approximate surface area is 137 Å². The van der Waals surface area contributed by atoms with Gasteiger partial charge in [0.15, 0.2) is 5.78 Å². The number of carbonyl (C=O) groups excluding carboxylic acids is 2. The normalized spacial score (nSPS) is 13.7. The summed E-state index contributed by atoms with van der Waals surface area (Å²) in [4.78, 5) is 24.3. The smallest absolute Gasteiger partial charge is 0.338 e. The third-order valence-electron chi connectivity index (χ3n) is 3.76. The van der Waals surface area contributed by atoms with Crippen LogP contribution < -0.4 is 0 Å². The van der Waals surface area contributed by atoms with Crippen LogP contribution >= 0.6 is 0 Å². The predicted octanol–water partition coefficient (Wildman–Crippen LogP) is 3.27. The molecule has 0 saturated heterocycles. The van der Waals surface area contributed by atoms with Crippen LogP contribution in [0.25, 0.3) is 0 Å². The van der Waals surface area contributed by atoms with Gasteiger partial charge in [-0.05, 0) is 39.3 Å². The molecule has 23 heavy (non-hydrogen) atoms. The van der Waals surface area contributed by atoms with Crippen molar-refractivity contribution in [2.24, 2.45) is 0 Å². The van der Waals surface area contributed by atoms with Gasteiger partial charge in [0.25, 0.3) is 0 Å². The number of carbonyl (C=O) groups is 2. The lowest BCUT2D eigenvalue weighted by molar-refractivity contribution is 0.0106. The van der Waals surface area contributed by atoms with Crippen molar-refractivity contribution in [2.45, 2.75) is 45.8 Å². The summed E-state index contributed by atoms with van der Waals surface area (Å²) in [6.45, 7) is 8.06. The molecule has 0 bridgehead atoms. The van der Waals surface area contributed by atoms with E-state index in [0.29, 0.717) is 24.2 Å². The highest BCUT2D eigenvalue weighted by Gasteiger charge is 2.31. The molecule has 1 aromatic rings. The van der Waals surface area contributed by atoms with E-state index in [1.807, 2.05) is 20.8 Å². The van der Waals surface area contributed by atoms with Crippen molar-refractivity contribution < 1.29 is 23.8 Å². The highest BCUT2D eigenvalue weighted by Crippen LogP contribution is 2.21. The Hall–Kier alpha value is -1.72. The quantitative estimate of drug-likeness (QED) is 0.397. The van der Waals surface area contributed by atoms with Gasteiger partial charge in [-0.15, -0.1) is 0 Å². The molecule has 0 fully saturated rings. The van der Waals surface area contributed by atoms with Crippen molar-refractivity contribution in [3.8, 4) is 0 Å². The lowest BCUT2D eigenvalue weighted by Crippen LogP contribution is -2.36. The van der Waals surface area contributed by atoms with Gasteiger partial charge in [-0.2, -0.15) is 0 Å². The van der Waals surface area contributed by atoms with E-state index < -0.39 is 11.6 Å². The molecule has 1 aromatic carbocycles. The van der Waals surface area contributed by atoms with Crippen molar-refractivity contribution in [3.05, 3.63) is 35.4 Å². The van der Waals surface area contributed by atoms with Crippen LogP contribution in [0.15, 0.2) is 24.3 Å². The number of hydrogen-bond donors (Lipinski definition) is 0. The minimum atomic E-state index is -0.851. The number of hydrogen-bond acceptors (Lipinski definition) is 5. The number of rotatable bonds is 9. The van der Waals surface area contributed by atoms with E-state index in [4.69, 9.17) is 14.2 Å².